The van der Waals surface area contributed by atoms with Crippen molar-refractivity contribution in [3.63, 3.8) is 0 Å². The van der Waals surface area contributed by atoms with Gasteiger partial charge in [0.05, 0.1) is 5.69 Å². The molecule has 1 aliphatic rings. The fourth-order valence-corrected chi connectivity index (χ4v) is 4.53. The van der Waals surface area contributed by atoms with Gasteiger partial charge in [0.15, 0.2) is 5.65 Å². The number of pyridine rings is 1. The molecule has 1 aromatic carbocycles. The van der Waals surface area contributed by atoms with Crippen molar-refractivity contribution in [2.75, 3.05) is 13.1 Å². The zero-order valence-corrected chi connectivity index (χ0v) is 16.3. The fraction of sp³-hybridized carbons (Fsp3) is 0.391. The molecule has 4 aromatic rings. The van der Waals surface area contributed by atoms with Gasteiger partial charge >= 0.3 is 0 Å². The first-order valence-electron chi connectivity index (χ1n) is 11.5. The standard InChI is InChI=1S/C23H27N5/c1-14(2)21-19-11-17(16-6-8-24-9-7-16)4-5-20(19)27-22(21)18-10-15(3)23-25-13-26-28(23)12-18/h4-5,10-14,16,24,27H,6-9H2,1-3H3/i3D3. The summed E-state index contributed by atoms with van der Waals surface area (Å²) in [6, 6.07) is 8.47. The van der Waals surface area contributed by atoms with Crippen LogP contribution in [0.5, 0.6) is 0 Å². The van der Waals surface area contributed by atoms with E-state index in [1.807, 2.05) is 6.20 Å². The van der Waals surface area contributed by atoms with E-state index in [1.165, 1.54) is 22.8 Å². The number of fused-ring (bicyclic) bond motifs is 2. The minimum Gasteiger partial charge on any atom is -0.354 e. The van der Waals surface area contributed by atoms with E-state index >= 15 is 0 Å². The van der Waals surface area contributed by atoms with Gasteiger partial charge in [0.1, 0.15) is 6.33 Å². The zero-order valence-electron chi connectivity index (χ0n) is 19.3. The van der Waals surface area contributed by atoms with Crippen LogP contribution in [0.15, 0.2) is 36.8 Å². The molecule has 0 bridgehead atoms. The lowest BCUT2D eigenvalue weighted by Gasteiger charge is -2.23. The summed E-state index contributed by atoms with van der Waals surface area (Å²) in [5.74, 6) is 0.854. The number of hydrogen-bond acceptors (Lipinski definition) is 3. The van der Waals surface area contributed by atoms with Gasteiger partial charge in [-0.05, 0) is 79.5 Å². The number of nitrogens with one attached hydrogen (secondary N) is 2. The van der Waals surface area contributed by atoms with Crippen molar-refractivity contribution in [1.29, 1.82) is 0 Å². The van der Waals surface area contributed by atoms with Crippen LogP contribution in [0.3, 0.4) is 0 Å². The minimum absolute atomic E-state index is 0.214. The van der Waals surface area contributed by atoms with E-state index in [4.69, 9.17) is 4.11 Å². The molecule has 144 valence electrons. The van der Waals surface area contributed by atoms with Crippen molar-refractivity contribution in [3.05, 3.63) is 53.5 Å². The quantitative estimate of drug-likeness (QED) is 0.541. The highest BCUT2D eigenvalue weighted by molar-refractivity contribution is 5.92. The van der Waals surface area contributed by atoms with E-state index in [-0.39, 0.29) is 11.5 Å². The van der Waals surface area contributed by atoms with Crippen molar-refractivity contribution in [2.24, 2.45) is 0 Å². The Morgan fingerprint density at radius 2 is 2.07 bits per heavy atom. The summed E-state index contributed by atoms with van der Waals surface area (Å²) in [5, 5.41) is 8.88. The van der Waals surface area contributed by atoms with Crippen LogP contribution in [0.2, 0.25) is 0 Å². The summed E-state index contributed by atoms with van der Waals surface area (Å²) in [7, 11) is 0. The molecule has 1 aliphatic heterocycles. The molecule has 0 saturated carbocycles. The van der Waals surface area contributed by atoms with Crippen LogP contribution in [0.1, 0.15) is 59.3 Å². The number of nitrogens with zero attached hydrogens (tertiary/aromatic N) is 3. The molecule has 0 radical (unpaired) electrons. The van der Waals surface area contributed by atoms with Crippen LogP contribution in [-0.4, -0.2) is 32.7 Å². The lowest BCUT2D eigenvalue weighted by Crippen LogP contribution is -2.26. The number of hydrogen-bond donors (Lipinski definition) is 2. The topological polar surface area (TPSA) is 58.0 Å². The zero-order chi connectivity index (χ0) is 21.8. The fourth-order valence-electron chi connectivity index (χ4n) is 4.53. The van der Waals surface area contributed by atoms with E-state index in [0.29, 0.717) is 11.6 Å². The van der Waals surface area contributed by atoms with Crippen LogP contribution >= 0.6 is 0 Å². The van der Waals surface area contributed by atoms with E-state index in [1.54, 1.807) is 10.6 Å². The van der Waals surface area contributed by atoms with Crippen molar-refractivity contribution < 1.29 is 4.11 Å². The Balaban J connectivity index is 1.70. The third-order valence-corrected chi connectivity index (χ3v) is 5.91. The second kappa shape index (κ2) is 6.74. The second-order valence-electron chi connectivity index (χ2n) is 8.07. The SMILES string of the molecule is [2H]C([2H])([2H])c1cc(-c2[nH]c3ccc(C4CCNCC4)cc3c2C(C)C)cn2ncnc12. The van der Waals surface area contributed by atoms with Gasteiger partial charge in [-0.2, -0.15) is 5.10 Å². The first-order valence-corrected chi connectivity index (χ1v) is 10.0. The predicted molar refractivity (Wildman–Crippen MR) is 114 cm³/mol. The average Bonchev–Trinajstić information content (AvgIpc) is 3.36. The lowest BCUT2D eigenvalue weighted by atomic mass is 9.88. The third kappa shape index (κ3) is 2.81. The average molecular weight is 377 g/mol. The van der Waals surface area contributed by atoms with Crippen LogP contribution in [-0.2, 0) is 0 Å². The largest absolute Gasteiger partial charge is 0.354 e. The molecule has 0 aliphatic carbocycles. The Bertz CT molecular complexity index is 1250. The van der Waals surface area contributed by atoms with Gasteiger partial charge < -0.3 is 10.3 Å². The Morgan fingerprint density at radius 1 is 1.21 bits per heavy atom. The van der Waals surface area contributed by atoms with Crippen molar-refractivity contribution in [1.82, 2.24) is 24.9 Å². The van der Waals surface area contributed by atoms with Gasteiger partial charge in [-0.1, -0.05) is 19.9 Å². The Hall–Kier alpha value is -2.66. The number of aromatic nitrogens is 4. The molecule has 0 unspecified atom stereocenters. The van der Waals surface area contributed by atoms with E-state index in [9.17, 15) is 0 Å². The lowest BCUT2D eigenvalue weighted by molar-refractivity contribution is 0.460. The van der Waals surface area contributed by atoms with Gasteiger partial charge in [-0.15, -0.1) is 0 Å². The molecule has 0 amide bonds. The highest BCUT2D eigenvalue weighted by Crippen LogP contribution is 2.38. The normalized spacial score (nSPS) is 17.9. The van der Waals surface area contributed by atoms with Crippen molar-refractivity contribution >= 4 is 16.6 Å². The molecule has 5 nitrogen and oxygen atoms in total. The van der Waals surface area contributed by atoms with E-state index < -0.39 is 6.85 Å². The van der Waals surface area contributed by atoms with E-state index in [2.05, 4.69) is 52.4 Å². The molecule has 1 saturated heterocycles. The molecule has 4 heterocycles. The predicted octanol–water partition coefficient (Wildman–Crippen LogP) is 4.78. The molecule has 28 heavy (non-hydrogen) atoms. The van der Waals surface area contributed by atoms with Gasteiger partial charge in [0, 0.05) is 26.8 Å². The monoisotopic (exact) mass is 376 g/mol. The molecule has 0 atom stereocenters. The molecule has 1 fully saturated rings. The Labute approximate surface area is 169 Å². The summed E-state index contributed by atoms with van der Waals surface area (Å²) >= 11 is 0. The summed E-state index contributed by atoms with van der Waals surface area (Å²) in [6.45, 7) is 4.22. The maximum atomic E-state index is 7.98. The molecule has 5 rings (SSSR count). The Morgan fingerprint density at radius 3 is 2.86 bits per heavy atom. The molecule has 5 heteroatoms. The molecular formula is C23H27N5. The first kappa shape index (κ1) is 14.4. The summed E-state index contributed by atoms with van der Waals surface area (Å²) in [6.07, 6.45) is 5.57. The van der Waals surface area contributed by atoms with Crippen LogP contribution in [0, 0.1) is 6.85 Å². The van der Waals surface area contributed by atoms with Crippen LogP contribution < -0.4 is 5.32 Å². The van der Waals surface area contributed by atoms with Crippen molar-refractivity contribution in [2.45, 2.75) is 45.4 Å². The van der Waals surface area contributed by atoms with Crippen molar-refractivity contribution in [3.8, 4) is 11.3 Å². The molecule has 0 spiro atoms. The Kier molecular flexibility index (Phi) is 3.46. The van der Waals surface area contributed by atoms with Gasteiger partial charge in [-0.25, -0.2) is 9.50 Å². The smallest absolute Gasteiger partial charge is 0.158 e. The number of H-pyrrole nitrogens is 1. The second-order valence-corrected chi connectivity index (χ2v) is 8.07. The third-order valence-electron chi connectivity index (χ3n) is 5.91. The highest BCUT2D eigenvalue weighted by atomic mass is 15.3. The number of aromatic amines is 1. The first-order chi connectivity index (χ1) is 14.8. The number of benzene rings is 1. The highest BCUT2D eigenvalue weighted by Gasteiger charge is 2.20. The summed E-state index contributed by atoms with van der Waals surface area (Å²) in [5.41, 5.74) is 6.02. The van der Waals surface area contributed by atoms with Gasteiger partial charge in [0.25, 0.3) is 0 Å². The molecular weight excluding hydrogens is 346 g/mol. The molecule has 2 N–H and O–H groups in total. The number of aryl methyl sites for hydroxylation is 1. The summed E-state index contributed by atoms with van der Waals surface area (Å²) < 4.78 is 25.5. The maximum absolute atomic E-state index is 7.98. The number of piperidine rings is 1. The van der Waals surface area contributed by atoms with Crippen LogP contribution in [0.25, 0.3) is 27.8 Å². The number of rotatable bonds is 3. The summed E-state index contributed by atoms with van der Waals surface area (Å²) in [4.78, 5) is 7.73. The molecule has 3 aromatic heterocycles. The van der Waals surface area contributed by atoms with E-state index in [0.717, 1.165) is 42.7 Å². The van der Waals surface area contributed by atoms with Gasteiger partial charge in [0.2, 0.25) is 0 Å². The van der Waals surface area contributed by atoms with Crippen LogP contribution in [0.4, 0.5) is 0 Å². The maximum Gasteiger partial charge on any atom is 0.158 e. The minimum atomic E-state index is -2.27. The van der Waals surface area contributed by atoms with Gasteiger partial charge in [-0.3, -0.25) is 0 Å².